The van der Waals surface area contributed by atoms with Gasteiger partial charge in [-0.05, 0) is 54.4 Å². The zero-order chi connectivity index (χ0) is 18.1. The molecule has 4 nitrogen and oxygen atoms in total. The van der Waals surface area contributed by atoms with Crippen molar-refractivity contribution in [1.82, 2.24) is 4.98 Å². The van der Waals surface area contributed by atoms with Crippen molar-refractivity contribution in [3.63, 3.8) is 0 Å². The second kappa shape index (κ2) is 7.21. The molecule has 1 aliphatic heterocycles. The summed E-state index contributed by atoms with van der Waals surface area (Å²) in [6, 6.07) is 16.6. The van der Waals surface area contributed by atoms with E-state index in [0.717, 1.165) is 38.7 Å². The highest BCUT2D eigenvalue weighted by molar-refractivity contribution is 9.10. The molecule has 0 spiro atoms. The van der Waals surface area contributed by atoms with Crippen molar-refractivity contribution in [2.45, 2.75) is 19.4 Å². The van der Waals surface area contributed by atoms with Crippen molar-refractivity contribution < 1.29 is 4.74 Å². The van der Waals surface area contributed by atoms with E-state index in [-0.39, 0.29) is 6.04 Å². The number of thiazole rings is 1. The first kappa shape index (κ1) is 17.2. The van der Waals surface area contributed by atoms with Crippen LogP contribution in [0.5, 0.6) is 5.75 Å². The second-order valence-electron chi connectivity index (χ2n) is 6.17. The van der Waals surface area contributed by atoms with Crippen LogP contribution in [0.15, 0.2) is 63.5 Å². The monoisotopic (exact) mass is 427 g/mol. The Kier molecular flexibility index (Phi) is 4.78. The molecule has 0 fully saturated rings. The smallest absolute Gasteiger partial charge is 0.206 e. The van der Waals surface area contributed by atoms with Crippen molar-refractivity contribution in [2.24, 2.45) is 5.10 Å². The number of nitrogens with zero attached hydrogens (tertiary/aromatic N) is 3. The van der Waals surface area contributed by atoms with E-state index in [9.17, 15) is 0 Å². The van der Waals surface area contributed by atoms with Crippen molar-refractivity contribution in [3.8, 4) is 5.75 Å². The van der Waals surface area contributed by atoms with Crippen LogP contribution in [0, 0.1) is 6.92 Å². The van der Waals surface area contributed by atoms with Crippen LogP contribution in [0.25, 0.3) is 0 Å². The lowest BCUT2D eigenvalue weighted by Gasteiger charge is -2.21. The van der Waals surface area contributed by atoms with Crippen molar-refractivity contribution in [2.75, 3.05) is 12.1 Å². The third kappa shape index (κ3) is 3.39. The number of hydrogen-bond acceptors (Lipinski definition) is 5. The Morgan fingerprint density at radius 2 is 2.00 bits per heavy atom. The quantitative estimate of drug-likeness (QED) is 0.545. The van der Waals surface area contributed by atoms with Gasteiger partial charge in [-0.1, -0.05) is 28.1 Å². The lowest BCUT2D eigenvalue weighted by atomic mass is 9.98. The van der Waals surface area contributed by atoms with E-state index >= 15 is 0 Å². The largest absolute Gasteiger partial charge is 0.497 e. The Hall–Kier alpha value is -2.18. The molecule has 6 heteroatoms. The average molecular weight is 428 g/mol. The summed E-state index contributed by atoms with van der Waals surface area (Å²) < 4.78 is 6.34. The number of halogens is 1. The summed E-state index contributed by atoms with van der Waals surface area (Å²) in [5, 5.41) is 9.97. The Labute approximate surface area is 165 Å². The minimum Gasteiger partial charge on any atom is -0.497 e. The predicted octanol–water partition coefficient (Wildman–Crippen LogP) is 5.58. The van der Waals surface area contributed by atoms with Crippen LogP contribution >= 0.6 is 27.3 Å². The van der Waals surface area contributed by atoms with Crippen LogP contribution in [0.2, 0.25) is 0 Å². The molecule has 0 bridgehead atoms. The summed E-state index contributed by atoms with van der Waals surface area (Å²) in [5.74, 6) is 0.850. The van der Waals surface area contributed by atoms with E-state index in [1.54, 1.807) is 18.4 Å². The molecule has 1 aliphatic rings. The third-order valence-corrected chi connectivity index (χ3v) is 5.81. The molecule has 0 amide bonds. The molecule has 132 valence electrons. The van der Waals surface area contributed by atoms with Crippen LogP contribution in [-0.2, 0) is 0 Å². The van der Waals surface area contributed by atoms with Gasteiger partial charge in [-0.2, -0.15) is 5.10 Å². The Morgan fingerprint density at radius 3 is 2.65 bits per heavy atom. The summed E-state index contributed by atoms with van der Waals surface area (Å²) in [6.07, 6.45) is 0.835. The van der Waals surface area contributed by atoms with Crippen molar-refractivity contribution in [3.05, 3.63) is 75.2 Å². The summed E-state index contributed by atoms with van der Waals surface area (Å²) in [6.45, 7) is 2.01. The lowest BCUT2D eigenvalue weighted by molar-refractivity contribution is 0.415. The molecule has 0 saturated carbocycles. The number of benzene rings is 2. The fraction of sp³-hybridized carbons (Fsp3) is 0.200. The van der Waals surface area contributed by atoms with Gasteiger partial charge in [-0.15, -0.1) is 11.3 Å². The van der Waals surface area contributed by atoms with E-state index in [4.69, 9.17) is 9.84 Å². The molecule has 2 heterocycles. The predicted molar refractivity (Wildman–Crippen MR) is 110 cm³/mol. The van der Waals surface area contributed by atoms with Crippen LogP contribution in [0.4, 0.5) is 5.13 Å². The molecule has 0 N–H and O–H groups in total. The minimum absolute atomic E-state index is 0.134. The van der Waals surface area contributed by atoms with Crippen molar-refractivity contribution >= 4 is 38.1 Å². The summed E-state index contributed by atoms with van der Waals surface area (Å²) in [5.41, 5.74) is 4.41. The van der Waals surface area contributed by atoms with E-state index in [1.165, 1.54) is 5.56 Å². The Morgan fingerprint density at radius 1 is 1.19 bits per heavy atom. The van der Waals surface area contributed by atoms with Gasteiger partial charge in [0.2, 0.25) is 5.13 Å². The van der Waals surface area contributed by atoms with E-state index in [0.29, 0.717) is 0 Å². The number of rotatable bonds is 4. The summed E-state index contributed by atoms with van der Waals surface area (Å²) >= 11 is 5.21. The summed E-state index contributed by atoms with van der Waals surface area (Å²) in [7, 11) is 1.68. The number of anilines is 1. The number of hydrazone groups is 1. The normalized spacial score (nSPS) is 16.7. The Bertz CT molecular complexity index is 952. The molecule has 1 aromatic heterocycles. The van der Waals surface area contributed by atoms with Gasteiger partial charge in [0.25, 0.3) is 0 Å². The molecule has 3 aromatic rings. The maximum Gasteiger partial charge on any atom is 0.206 e. The SMILES string of the molecule is COc1ccc(C2=NN(c3nc(C)cs3)C(c3cccc(Br)c3)C2)cc1. The highest BCUT2D eigenvalue weighted by Crippen LogP contribution is 2.38. The number of methoxy groups -OCH3 is 1. The number of aryl methyl sites for hydroxylation is 1. The van der Waals surface area contributed by atoms with Crippen molar-refractivity contribution in [1.29, 1.82) is 0 Å². The first-order valence-corrected chi connectivity index (χ1v) is 10.00. The van der Waals surface area contributed by atoms with Gasteiger partial charge in [-0.3, -0.25) is 0 Å². The van der Waals surface area contributed by atoms with Gasteiger partial charge in [0.1, 0.15) is 5.75 Å². The maximum absolute atomic E-state index is 5.26. The fourth-order valence-electron chi connectivity index (χ4n) is 3.06. The third-order valence-electron chi connectivity index (χ3n) is 4.37. The van der Waals surface area contributed by atoms with Crippen LogP contribution in [0.3, 0.4) is 0 Å². The summed E-state index contributed by atoms with van der Waals surface area (Å²) in [4.78, 5) is 4.65. The van der Waals surface area contributed by atoms with E-state index in [1.807, 2.05) is 25.1 Å². The number of hydrogen-bond donors (Lipinski definition) is 0. The standard InChI is InChI=1S/C20H18BrN3OS/c1-13-12-26-20(22-13)24-19(15-4-3-5-16(21)10-15)11-18(23-24)14-6-8-17(25-2)9-7-14/h3-10,12,19H,11H2,1-2H3. The second-order valence-corrected chi connectivity index (χ2v) is 7.92. The maximum atomic E-state index is 5.26. The van der Waals surface area contributed by atoms with Crippen LogP contribution < -0.4 is 9.75 Å². The van der Waals surface area contributed by atoms with E-state index in [2.05, 4.69) is 61.6 Å². The molecular formula is C20H18BrN3OS. The van der Waals surface area contributed by atoms with Crippen LogP contribution in [-0.4, -0.2) is 17.8 Å². The molecule has 1 unspecified atom stereocenters. The van der Waals surface area contributed by atoms with E-state index < -0.39 is 0 Å². The highest BCUT2D eigenvalue weighted by atomic mass is 79.9. The first-order valence-electron chi connectivity index (χ1n) is 8.33. The molecule has 0 radical (unpaired) electrons. The molecule has 4 rings (SSSR count). The molecule has 0 saturated heterocycles. The number of aromatic nitrogens is 1. The van der Waals surface area contributed by atoms with Gasteiger partial charge in [0.15, 0.2) is 0 Å². The van der Waals surface area contributed by atoms with Gasteiger partial charge in [0, 0.05) is 16.3 Å². The number of ether oxygens (including phenoxy) is 1. The average Bonchev–Trinajstić information content (AvgIpc) is 3.28. The van der Waals surface area contributed by atoms with Gasteiger partial charge >= 0.3 is 0 Å². The molecule has 26 heavy (non-hydrogen) atoms. The van der Waals surface area contributed by atoms with Crippen LogP contribution in [0.1, 0.15) is 29.3 Å². The topological polar surface area (TPSA) is 37.7 Å². The zero-order valence-electron chi connectivity index (χ0n) is 14.5. The minimum atomic E-state index is 0.134. The zero-order valence-corrected chi connectivity index (χ0v) is 16.9. The molecule has 2 aromatic carbocycles. The molecule has 0 aliphatic carbocycles. The molecule has 1 atom stereocenters. The van der Waals surface area contributed by atoms with Gasteiger partial charge in [-0.25, -0.2) is 9.99 Å². The first-order chi connectivity index (χ1) is 12.6. The lowest BCUT2D eigenvalue weighted by Crippen LogP contribution is -2.18. The van der Waals surface area contributed by atoms with Gasteiger partial charge in [0.05, 0.1) is 24.6 Å². The molecular weight excluding hydrogens is 410 g/mol. The fourth-order valence-corrected chi connectivity index (χ4v) is 4.28. The van der Waals surface area contributed by atoms with Gasteiger partial charge < -0.3 is 4.74 Å². The Balaban J connectivity index is 1.72. The highest BCUT2D eigenvalue weighted by Gasteiger charge is 2.31.